The lowest BCUT2D eigenvalue weighted by molar-refractivity contribution is -0.150. The van der Waals surface area contributed by atoms with Crippen LogP contribution < -0.4 is 16.8 Å². The summed E-state index contributed by atoms with van der Waals surface area (Å²) in [7, 11) is 0. The normalized spacial score (nSPS) is 23.9. The van der Waals surface area contributed by atoms with E-state index in [9.17, 15) is 29.1 Å². The first kappa shape index (κ1) is 21.6. The number of carboxylic acid groups (broad SMARTS) is 1. The molecule has 0 aromatic carbocycles. The van der Waals surface area contributed by atoms with Crippen LogP contribution in [-0.4, -0.2) is 81.8 Å². The van der Waals surface area contributed by atoms with Crippen LogP contribution in [0.15, 0.2) is 0 Å². The molecule has 0 aromatic rings. The maximum absolute atomic E-state index is 12.8. The first-order valence-corrected chi connectivity index (χ1v) is 9.31. The minimum Gasteiger partial charge on any atom is -0.480 e. The predicted octanol–water partition coefficient (Wildman–Crippen LogP) is -2.24. The molecule has 4 atom stereocenters. The smallest absolute Gasteiger partial charge is 0.326 e. The lowest BCUT2D eigenvalue weighted by atomic mass is 10.1. The van der Waals surface area contributed by atoms with Crippen molar-refractivity contribution in [1.82, 2.24) is 15.1 Å². The standard InChI is InChI=1S/C17H27N5O6/c1-9(18)15(25)21-6-2-4-11(21)14(24)20-10(8-13(19)23)16(26)22-7-3-5-12(22)17(27)28/h9-12H,2-8,18H2,1H3,(H2,19,23)(H,20,24)(H,27,28). The first-order chi connectivity index (χ1) is 13.1. The van der Waals surface area contributed by atoms with Crippen LogP contribution in [0.2, 0.25) is 0 Å². The van der Waals surface area contributed by atoms with Gasteiger partial charge in [-0.2, -0.15) is 0 Å². The summed E-state index contributed by atoms with van der Waals surface area (Å²) in [6.07, 6.45) is 1.37. The highest BCUT2D eigenvalue weighted by atomic mass is 16.4. The van der Waals surface area contributed by atoms with Crippen LogP contribution >= 0.6 is 0 Å². The Balaban J connectivity index is 2.14. The molecule has 2 fully saturated rings. The van der Waals surface area contributed by atoms with Crippen molar-refractivity contribution in [3.05, 3.63) is 0 Å². The van der Waals surface area contributed by atoms with E-state index in [1.165, 1.54) is 11.8 Å². The zero-order chi connectivity index (χ0) is 21.0. The third-order valence-electron chi connectivity index (χ3n) is 5.07. The summed E-state index contributed by atoms with van der Waals surface area (Å²) in [5.41, 5.74) is 10.8. The predicted molar refractivity (Wildman–Crippen MR) is 96.5 cm³/mol. The van der Waals surface area contributed by atoms with Gasteiger partial charge in [-0.3, -0.25) is 19.2 Å². The zero-order valence-corrected chi connectivity index (χ0v) is 15.8. The van der Waals surface area contributed by atoms with E-state index in [1.807, 2.05) is 0 Å². The summed E-state index contributed by atoms with van der Waals surface area (Å²) in [4.78, 5) is 63.0. The van der Waals surface area contributed by atoms with E-state index in [0.29, 0.717) is 32.2 Å². The number of amides is 4. The number of nitrogens with two attached hydrogens (primary N) is 2. The summed E-state index contributed by atoms with van der Waals surface area (Å²) in [5.74, 6) is -3.57. The number of likely N-dealkylation sites (tertiary alicyclic amines) is 2. The van der Waals surface area contributed by atoms with Crippen LogP contribution in [0.1, 0.15) is 39.0 Å². The molecule has 2 saturated heterocycles. The molecule has 2 aliphatic heterocycles. The van der Waals surface area contributed by atoms with Crippen LogP contribution in [0.5, 0.6) is 0 Å². The van der Waals surface area contributed by atoms with Gasteiger partial charge >= 0.3 is 5.97 Å². The Labute approximate surface area is 162 Å². The number of aliphatic carboxylic acids is 1. The molecule has 6 N–H and O–H groups in total. The number of nitrogens with zero attached hydrogens (tertiary/aromatic N) is 2. The SMILES string of the molecule is CC(N)C(=O)N1CCCC1C(=O)NC(CC(N)=O)C(=O)N1CCCC1C(=O)O. The Morgan fingerprint density at radius 1 is 1.04 bits per heavy atom. The fraction of sp³-hybridized carbons (Fsp3) is 0.706. The Bertz CT molecular complexity index is 666. The highest BCUT2D eigenvalue weighted by Crippen LogP contribution is 2.21. The van der Waals surface area contributed by atoms with Gasteiger partial charge in [0, 0.05) is 13.1 Å². The van der Waals surface area contributed by atoms with E-state index < -0.39 is 54.3 Å². The number of primary amides is 1. The monoisotopic (exact) mass is 397 g/mol. The Morgan fingerprint density at radius 3 is 2.07 bits per heavy atom. The highest BCUT2D eigenvalue weighted by Gasteiger charge is 2.40. The molecular weight excluding hydrogens is 370 g/mol. The molecular formula is C17H27N5O6. The largest absolute Gasteiger partial charge is 0.480 e. The van der Waals surface area contributed by atoms with Crippen molar-refractivity contribution < 1.29 is 29.1 Å². The second kappa shape index (κ2) is 9.00. The molecule has 0 bridgehead atoms. The summed E-state index contributed by atoms with van der Waals surface area (Å²) in [6, 6.07) is -3.84. The van der Waals surface area contributed by atoms with Gasteiger partial charge in [0.2, 0.25) is 23.6 Å². The van der Waals surface area contributed by atoms with Crippen LogP contribution in [0.3, 0.4) is 0 Å². The molecule has 2 rings (SSSR count). The fourth-order valence-corrected chi connectivity index (χ4v) is 3.72. The van der Waals surface area contributed by atoms with Gasteiger partial charge in [-0.1, -0.05) is 0 Å². The van der Waals surface area contributed by atoms with Crippen molar-refractivity contribution in [2.45, 2.75) is 63.2 Å². The van der Waals surface area contributed by atoms with E-state index in [0.717, 1.165) is 4.90 Å². The van der Waals surface area contributed by atoms with Gasteiger partial charge in [0.05, 0.1) is 12.5 Å². The van der Waals surface area contributed by atoms with Gasteiger partial charge in [0.15, 0.2) is 0 Å². The van der Waals surface area contributed by atoms with Gasteiger partial charge < -0.3 is 31.7 Å². The molecule has 11 heteroatoms. The summed E-state index contributed by atoms with van der Waals surface area (Å²) < 4.78 is 0. The Hall–Kier alpha value is -2.69. The van der Waals surface area contributed by atoms with Crippen molar-refractivity contribution in [3.63, 3.8) is 0 Å². The van der Waals surface area contributed by atoms with E-state index >= 15 is 0 Å². The molecule has 156 valence electrons. The molecule has 28 heavy (non-hydrogen) atoms. The summed E-state index contributed by atoms with van der Waals surface area (Å²) in [5, 5.41) is 11.8. The summed E-state index contributed by atoms with van der Waals surface area (Å²) >= 11 is 0. The number of hydrogen-bond acceptors (Lipinski definition) is 6. The van der Waals surface area contributed by atoms with E-state index in [-0.39, 0.29) is 12.5 Å². The number of rotatable bonds is 7. The second-order valence-corrected chi connectivity index (χ2v) is 7.24. The number of nitrogens with one attached hydrogen (secondary N) is 1. The van der Waals surface area contributed by atoms with E-state index in [2.05, 4.69) is 5.32 Å². The number of carboxylic acids is 1. The zero-order valence-electron chi connectivity index (χ0n) is 15.8. The quantitative estimate of drug-likeness (QED) is 0.375. The van der Waals surface area contributed by atoms with Gasteiger partial charge in [-0.05, 0) is 32.6 Å². The molecule has 4 unspecified atom stereocenters. The third kappa shape index (κ3) is 4.77. The van der Waals surface area contributed by atoms with Gasteiger partial charge in [-0.15, -0.1) is 0 Å². The Morgan fingerprint density at radius 2 is 1.57 bits per heavy atom. The topological polar surface area (TPSA) is 176 Å². The molecule has 4 amide bonds. The van der Waals surface area contributed by atoms with Crippen molar-refractivity contribution in [2.75, 3.05) is 13.1 Å². The molecule has 2 heterocycles. The number of carbonyl (C=O) groups is 5. The third-order valence-corrected chi connectivity index (χ3v) is 5.07. The van der Waals surface area contributed by atoms with Crippen LogP contribution in [0.4, 0.5) is 0 Å². The number of carbonyl (C=O) groups excluding carboxylic acids is 4. The second-order valence-electron chi connectivity index (χ2n) is 7.24. The van der Waals surface area contributed by atoms with E-state index in [1.54, 1.807) is 0 Å². The molecule has 11 nitrogen and oxygen atoms in total. The first-order valence-electron chi connectivity index (χ1n) is 9.31. The minimum absolute atomic E-state index is 0.222. The maximum atomic E-state index is 12.8. The molecule has 0 spiro atoms. The van der Waals surface area contributed by atoms with Crippen molar-refractivity contribution >= 4 is 29.6 Å². The fourth-order valence-electron chi connectivity index (χ4n) is 3.72. The lowest BCUT2D eigenvalue weighted by Gasteiger charge is -2.29. The number of hydrogen-bond donors (Lipinski definition) is 4. The van der Waals surface area contributed by atoms with Crippen LogP contribution in [0, 0.1) is 0 Å². The molecule has 2 aliphatic rings. The van der Waals surface area contributed by atoms with Crippen molar-refractivity contribution in [3.8, 4) is 0 Å². The van der Waals surface area contributed by atoms with Gasteiger partial charge in [0.1, 0.15) is 18.1 Å². The minimum atomic E-state index is -1.28. The van der Waals surface area contributed by atoms with Crippen molar-refractivity contribution in [1.29, 1.82) is 0 Å². The Kier molecular flexibility index (Phi) is 6.95. The average Bonchev–Trinajstić information content (AvgIpc) is 3.28. The molecule has 0 radical (unpaired) electrons. The molecule has 0 saturated carbocycles. The van der Waals surface area contributed by atoms with Gasteiger partial charge in [0.25, 0.3) is 0 Å². The summed E-state index contributed by atoms with van der Waals surface area (Å²) in [6.45, 7) is 2.12. The van der Waals surface area contributed by atoms with Crippen LogP contribution in [-0.2, 0) is 24.0 Å². The van der Waals surface area contributed by atoms with Gasteiger partial charge in [-0.25, -0.2) is 4.79 Å². The average molecular weight is 397 g/mol. The van der Waals surface area contributed by atoms with Crippen LogP contribution in [0.25, 0.3) is 0 Å². The molecule has 0 aliphatic carbocycles. The van der Waals surface area contributed by atoms with E-state index in [4.69, 9.17) is 11.5 Å². The molecule has 0 aromatic heterocycles. The maximum Gasteiger partial charge on any atom is 0.326 e. The van der Waals surface area contributed by atoms with Crippen molar-refractivity contribution in [2.24, 2.45) is 11.5 Å². The highest BCUT2D eigenvalue weighted by molar-refractivity contribution is 5.96. The lowest BCUT2D eigenvalue weighted by Crippen LogP contribution is -2.57.